The number of aromatic nitrogens is 4. The summed E-state index contributed by atoms with van der Waals surface area (Å²) in [7, 11) is 0. The van der Waals surface area contributed by atoms with Crippen LogP contribution in [0.4, 0.5) is 0 Å². The van der Waals surface area contributed by atoms with Gasteiger partial charge >= 0.3 is 0 Å². The predicted molar refractivity (Wildman–Crippen MR) is 94.9 cm³/mol. The summed E-state index contributed by atoms with van der Waals surface area (Å²) < 4.78 is 3.10. The molecule has 3 rings (SSSR count). The Kier molecular flexibility index (Phi) is 5.01. The highest BCUT2D eigenvalue weighted by atomic mass is 16.2. The van der Waals surface area contributed by atoms with Crippen LogP contribution in [-0.2, 0) is 17.8 Å². The Hall–Kier alpha value is -2.44. The molecule has 0 aliphatic carbocycles. The first-order chi connectivity index (χ1) is 12.0. The average Bonchev–Trinajstić information content (AvgIpc) is 3.19. The first kappa shape index (κ1) is 17.4. The smallest absolute Gasteiger partial charge is 0.255 e. The number of likely N-dealkylation sites (tertiary alicyclic amines) is 1. The molecule has 0 N–H and O–H groups in total. The minimum Gasteiger partial charge on any atom is -0.341 e. The maximum absolute atomic E-state index is 12.7. The molecule has 7 nitrogen and oxygen atoms in total. The second-order valence-electron chi connectivity index (χ2n) is 6.65. The van der Waals surface area contributed by atoms with Gasteiger partial charge in [0, 0.05) is 30.5 Å². The maximum Gasteiger partial charge on any atom is 0.255 e. The lowest BCUT2D eigenvalue weighted by Crippen LogP contribution is -2.36. The molecule has 134 valence electrons. The van der Waals surface area contributed by atoms with Crippen molar-refractivity contribution in [3.8, 4) is 5.95 Å². The summed E-state index contributed by atoms with van der Waals surface area (Å²) in [5.74, 6) is 0.390. The Labute approximate surface area is 147 Å². The number of carbonyl (C=O) groups excluding carboxylic acids is 1. The Bertz CT molecular complexity index is 830. The van der Waals surface area contributed by atoms with E-state index in [1.165, 1.54) is 10.6 Å². The molecule has 0 radical (unpaired) electrons. The number of carbonyl (C=O) groups is 1. The van der Waals surface area contributed by atoms with Crippen molar-refractivity contribution in [3.05, 3.63) is 39.6 Å². The minimum atomic E-state index is -0.200. The number of amides is 1. The zero-order chi connectivity index (χ0) is 18.0. The lowest BCUT2D eigenvalue weighted by Gasteiger charge is -2.18. The highest BCUT2D eigenvalue weighted by Crippen LogP contribution is 2.12. The monoisotopic (exact) mass is 343 g/mol. The minimum absolute atomic E-state index is 0.00587. The lowest BCUT2D eigenvalue weighted by molar-refractivity contribution is -0.130. The van der Waals surface area contributed by atoms with Crippen LogP contribution in [0.25, 0.3) is 5.95 Å². The van der Waals surface area contributed by atoms with Crippen molar-refractivity contribution in [2.45, 2.75) is 53.0 Å². The van der Waals surface area contributed by atoms with Crippen LogP contribution in [0.1, 0.15) is 43.3 Å². The molecule has 0 saturated carbocycles. The van der Waals surface area contributed by atoms with E-state index in [1.54, 1.807) is 4.68 Å². The summed E-state index contributed by atoms with van der Waals surface area (Å²) in [6, 6.07) is 3.47. The number of aryl methyl sites for hydroxylation is 3. The zero-order valence-corrected chi connectivity index (χ0v) is 15.2. The molecule has 1 amide bonds. The van der Waals surface area contributed by atoms with Crippen molar-refractivity contribution in [1.82, 2.24) is 24.2 Å². The van der Waals surface area contributed by atoms with E-state index in [0.717, 1.165) is 55.9 Å². The van der Waals surface area contributed by atoms with Gasteiger partial charge in [0.15, 0.2) is 0 Å². The van der Waals surface area contributed by atoms with Crippen molar-refractivity contribution in [3.63, 3.8) is 0 Å². The molecule has 0 bridgehead atoms. The van der Waals surface area contributed by atoms with Gasteiger partial charge in [-0.15, -0.1) is 0 Å². The van der Waals surface area contributed by atoms with Gasteiger partial charge < -0.3 is 4.90 Å². The molecule has 1 aliphatic rings. The predicted octanol–water partition coefficient (Wildman–Crippen LogP) is 1.62. The fourth-order valence-electron chi connectivity index (χ4n) is 3.27. The van der Waals surface area contributed by atoms with Crippen molar-refractivity contribution in [2.24, 2.45) is 0 Å². The van der Waals surface area contributed by atoms with Crippen LogP contribution < -0.4 is 5.56 Å². The van der Waals surface area contributed by atoms with Gasteiger partial charge in [0.05, 0.1) is 5.69 Å². The van der Waals surface area contributed by atoms with Gasteiger partial charge in [-0.25, -0.2) is 9.67 Å². The summed E-state index contributed by atoms with van der Waals surface area (Å²) >= 11 is 0. The molecule has 1 fully saturated rings. The van der Waals surface area contributed by atoms with Gasteiger partial charge in [0.1, 0.15) is 6.54 Å². The SMILES string of the molecule is CCCc1cc(=O)n(CC(=O)N2CCCC2)c(-n2nc(C)cc2C)n1. The average molecular weight is 343 g/mol. The molecule has 0 unspecified atom stereocenters. The molecule has 25 heavy (non-hydrogen) atoms. The standard InChI is InChI=1S/C18H25N5O2/c1-4-7-15-11-16(24)22(12-17(25)21-8-5-6-9-21)18(19-15)23-14(3)10-13(2)20-23/h10-11H,4-9,12H2,1-3H3. The summed E-state index contributed by atoms with van der Waals surface area (Å²) in [6.07, 6.45) is 3.68. The Morgan fingerprint density at radius 3 is 2.52 bits per heavy atom. The summed E-state index contributed by atoms with van der Waals surface area (Å²) in [4.78, 5) is 31.7. The van der Waals surface area contributed by atoms with E-state index < -0.39 is 0 Å². The fourth-order valence-corrected chi connectivity index (χ4v) is 3.27. The Balaban J connectivity index is 2.04. The van der Waals surface area contributed by atoms with Gasteiger partial charge in [-0.2, -0.15) is 5.10 Å². The van der Waals surface area contributed by atoms with Crippen molar-refractivity contribution >= 4 is 5.91 Å². The van der Waals surface area contributed by atoms with Crippen LogP contribution in [0.15, 0.2) is 16.9 Å². The Morgan fingerprint density at radius 1 is 1.20 bits per heavy atom. The highest BCUT2D eigenvalue weighted by Gasteiger charge is 2.21. The second kappa shape index (κ2) is 7.21. The van der Waals surface area contributed by atoms with Crippen molar-refractivity contribution < 1.29 is 4.79 Å². The molecule has 0 aromatic carbocycles. The third-order valence-corrected chi connectivity index (χ3v) is 4.50. The second-order valence-corrected chi connectivity index (χ2v) is 6.65. The molecule has 2 aromatic heterocycles. The molecule has 3 heterocycles. The van der Waals surface area contributed by atoms with Gasteiger partial charge in [-0.1, -0.05) is 13.3 Å². The van der Waals surface area contributed by atoms with E-state index in [-0.39, 0.29) is 18.0 Å². The molecule has 7 heteroatoms. The highest BCUT2D eigenvalue weighted by molar-refractivity contribution is 5.76. The van der Waals surface area contributed by atoms with Gasteiger partial charge in [-0.3, -0.25) is 14.2 Å². The van der Waals surface area contributed by atoms with Crippen LogP contribution >= 0.6 is 0 Å². The van der Waals surface area contributed by atoms with E-state index in [0.29, 0.717) is 5.95 Å². The normalized spacial score (nSPS) is 14.3. The summed E-state index contributed by atoms with van der Waals surface area (Å²) in [5.41, 5.74) is 2.28. The summed E-state index contributed by atoms with van der Waals surface area (Å²) in [5, 5.41) is 4.46. The zero-order valence-electron chi connectivity index (χ0n) is 15.2. The number of nitrogens with zero attached hydrogens (tertiary/aromatic N) is 5. The Morgan fingerprint density at radius 2 is 1.92 bits per heavy atom. The molecule has 1 aliphatic heterocycles. The van der Waals surface area contributed by atoms with Crippen molar-refractivity contribution in [1.29, 1.82) is 0 Å². The molecule has 0 spiro atoms. The fraction of sp³-hybridized carbons (Fsp3) is 0.556. The van der Waals surface area contributed by atoms with Crippen molar-refractivity contribution in [2.75, 3.05) is 13.1 Å². The summed E-state index contributed by atoms with van der Waals surface area (Å²) in [6.45, 7) is 7.41. The van der Waals surface area contributed by atoms with Crippen LogP contribution in [0.3, 0.4) is 0 Å². The molecular formula is C18H25N5O2. The van der Waals surface area contributed by atoms with Crippen LogP contribution in [0.2, 0.25) is 0 Å². The van der Waals surface area contributed by atoms with Crippen LogP contribution in [-0.4, -0.2) is 43.2 Å². The van der Waals surface area contributed by atoms with Gasteiger partial charge in [-0.05, 0) is 39.2 Å². The van der Waals surface area contributed by atoms with E-state index in [4.69, 9.17) is 0 Å². The topological polar surface area (TPSA) is 73.0 Å². The number of hydrogen-bond acceptors (Lipinski definition) is 4. The molecule has 0 atom stereocenters. The van der Waals surface area contributed by atoms with Gasteiger partial charge in [0.25, 0.3) is 5.56 Å². The molecule has 1 saturated heterocycles. The molecular weight excluding hydrogens is 318 g/mol. The van der Waals surface area contributed by atoms with E-state index in [1.807, 2.05) is 31.7 Å². The third kappa shape index (κ3) is 3.65. The maximum atomic E-state index is 12.7. The van der Waals surface area contributed by atoms with E-state index in [9.17, 15) is 9.59 Å². The van der Waals surface area contributed by atoms with Crippen LogP contribution in [0.5, 0.6) is 0 Å². The first-order valence-electron chi connectivity index (χ1n) is 8.91. The van der Waals surface area contributed by atoms with E-state index in [2.05, 4.69) is 10.1 Å². The van der Waals surface area contributed by atoms with Gasteiger partial charge in [0.2, 0.25) is 11.9 Å². The number of rotatable bonds is 5. The largest absolute Gasteiger partial charge is 0.341 e. The quantitative estimate of drug-likeness (QED) is 0.827. The first-order valence-corrected chi connectivity index (χ1v) is 8.91. The van der Waals surface area contributed by atoms with Crippen LogP contribution in [0, 0.1) is 13.8 Å². The molecule has 2 aromatic rings. The third-order valence-electron chi connectivity index (χ3n) is 4.50. The van der Waals surface area contributed by atoms with E-state index >= 15 is 0 Å². The lowest BCUT2D eigenvalue weighted by atomic mass is 10.2. The number of hydrogen-bond donors (Lipinski definition) is 0.